The summed E-state index contributed by atoms with van der Waals surface area (Å²) in [7, 11) is 0. The first-order valence-electron chi connectivity index (χ1n) is 6.18. The number of aryl methyl sites for hydroxylation is 1. The first-order chi connectivity index (χ1) is 7.85. The third-order valence-corrected chi connectivity index (χ3v) is 3.58. The van der Waals surface area contributed by atoms with Crippen LogP contribution in [0.25, 0.3) is 0 Å². The molecule has 90 valence electrons. The van der Waals surface area contributed by atoms with Gasteiger partial charge in [0.25, 0.3) is 0 Å². The van der Waals surface area contributed by atoms with Gasteiger partial charge in [0, 0.05) is 31.9 Å². The van der Waals surface area contributed by atoms with Crippen molar-refractivity contribution in [3.8, 4) is 0 Å². The SMILES string of the molecule is CCn1cncc1CNC1CCCC1CO. The van der Waals surface area contributed by atoms with Crippen molar-refractivity contribution in [1.82, 2.24) is 14.9 Å². The minimum Gasteiger partial charge on any atom is -0.396 e. The van der Waals surface area contributed by atoms with Crippen LogP contribution in [0.15, 0.2) is 12.5 Å². The summed E-state index contributed by atoms with van der Waals surface area (Å²) in [5.41, 5.74) is 1.23. The Morgan fingerprint density at radius 2 is 2.44 bits per heavy atom. The van der Waals surface area contributed by atoms with Gasteiger partial charge in [-0.3, -0.25) is 0 Å². The molecule has 1 aromatic rings. The van der Waals surface area contributed by atoms with E-state index in [9.17, 15) is 5.11 Å². The number of rotatable bonds is 5. The summed E-state index contributed by atoms with van der Waals surface area (Å²) in [6.45, 7) is 4.25. The molecule has 4 heteroatoms. The van der Waals surface area contributed by atoms with Gasteiger partial charge in [0.2, 0.25) is 0 Å². The molecule has 4 nitrogen and oxygen atoms in total. The molecule has 1 heterocycles. The largest absolute Gasteiger partial charge is 0.396 e. The van der Waals surface area contributed by atoms with Gasteiger partial charge < -0.3 is 15.0 Å². The zero-order chi connectivity index (χ0) is 11.4. The van der Waals surface area contributed by atoms with E-state index in [2.05, 4.69) is 21.8 Å². The molecule has 2 atom stereocenters. The summed E-state index contributed by atoms with van der Waals surface area (Å²) < 4.78 is 2.15. The number of hydrogen-bond donors (Lipinski definition) is 2. The van der Waals surface area contributed by atoms with Gasteiger partial charge in [0.15, 0.2) is 0 Å². The monoisotopic (exact) mass is 223 g/mol. The van der Waals surface area contributed by atoms with Crippen molar-refractivity contribution in [3.63, 3.8) is 0 Å². The Hall–Kier alpha value is -0.870. The van der Waals surface area contributed by atoms with Gasteiger partial charge in [-0.15, -0.1) is 0 Å². The van der Waals surface area contributed by atoms with E-state index in [4.69, 9.17) is 0 Å². The molecule has 1 aromatic heterocycles. The van der Waals surface area contributed by atoms with Crippen molar-refractivity contribution in [2.45, 2.75) is 45.3 Å². The van der Waals surface area contributed by atoms with Gasteiger partial charge in [0.05, 0.1) is 12.0 Å². The molecule has 1 aliphatic carbocycles. The van der Waals surface area contributed by atoms with E-state index >= 15 is 0 Å². The maximum atomic E-state index is 9.24. The third-order valence-electron chi connectivity index (χ3n) is 3.58. The third kappa shape index (κ3) is 2.44. The van der Waals surface area contributed by atoms with Gasteiger partial charge >= 0.3 is 0 Å². The topological polar surface area (TPSA) is 50.1 Å². The van der Waals surface area contributed by atoms with Crippen LogP contribution < -0.4 is 5.32 Å². The maximum Gasteiger partial charge on any atom is 0.0948 e. The number of aliphatic hydroxyl groups excluding tert-OH is 1. The van der Waals surface area contributed by atoms with Crippen LogP contribution in [-0.4, -0.2) is 27.3 Å². The second-order valence-corrected chi connectivity index (χ2v) is 4.53. The van der Waals surface area contributed by atoms with Crippen molar-refractivity contribution in [1.29, 1.82) is 0 Å². The normalized spacial score (nSPS) is 25.1. The molecule has 2 rings (SSSR count). The molecule has 2 unspecified atom stereocenters. The summed E-state index contributed by atoms with van der Waals surface area (Å²) in [5.74, 6) is 0.443. The second kappa shape index (κ2) is 5.46. The zero-order valence-electron chi connectivity index (χ0n) is 9.89. The lowest BCUT2D eigenvalue weighted by atomic mass is 10.1. The molecule has 1 saturated carbocycles. The molecule has 0 aromatic carbocycles. The quantitative estimate of drug-likeness (QED) is 0.787. The highest BCUT2D eigenvalue weighted by molar-refractivity contribution is 4.98. The molecule has 16 heavy (non-hydrogen) atoms. The van der Waals surface area contributed by atoms with E-state index in [0.717, 1.165) is 19.5 Å². The van der Waals surface area contributed by atoms with Crippen molar-refractivity contribution < 1.29 is 5.11 Å². The van der Waals surface area contributed by atoms with Gasteiger partial charge in [0.1, 0.15) is 0 Å². The fourth-order valence-electron chi connectivity index (χ4n) is 2.54. The van der Waals surface area contributed by atoms with E-state index in [-0.39, 0.29) is 0 Å². The van der Waals surface area contributed by atoms with Crippen LogP contribution in [0.5, 0.6) is 0 Å². The fraction of sp³-hybridized carbons (Fsp3) is 0.750. The van der Waals surface area contributed by atoms with Crippen molar-refractivity contribution in [3.05, 3.63) is 18.2 Å². The van der Waals surface area contributed by atoms with Crippen LogP contribution in [0.1, 0.15) is 31.9 Å². The first kappa shape index (κ1) is 11.6. The van der Waals surface area contributed by atoms with Crippen LogP contribution in [0.4, 0.5) is 0 Å². The lowest BCUT2D eigenvalue weighted by Crippen LogP contribution is -2.34. The van der Waals surface area contributed by atoms with Gasteiger partial charge in [-0.1, -0.05) is 6.42 Å². The van der Waals surface area contributed by atoms with Crippen molar-refractivity contribution in [2.24, 2.45) is 5.92 Å². The number of imidazole rings is 1. The molecular weight excluding hydrogens is 202 g/mol. The Morgan fingerprint density at radius 1 is 1.56 bits per heavy atom. The Kier molecular flexibility index (Phi) is 3.96. The predicted octanol–water partition coefficient (Wildman–Crippen LogP) is 1.15. The predicted molar refractivity (Wildman–Crippen MR) is 63.0 cm³/mol. The molecule has 0 bridgehead atoms. The molecule has 0 radical (unpaired) electrons. The van der Waals surface area contributed by atoms with Crippen LogP contribution in [0, 0.1) is 5.92 Å². The van der Waals surface area contributed by atoms with Crippen molar-refractivity contribution >= 4 is 0 Å². The lowest BCUT2D eigenvalue weighted by molar-refractivity contribution is 0.204. The number of hydrogen-bond acceptors (Lipinski definition) is 3. The second-order valence-electron chi connectivity index (χ2n) is 4.53. The van der Waals surface area contributed by atoms with E-state index in [1.54, 1.807) is 0 Å². The average molecular weight is 223 g/mol. The molecule has 0 aliphatic heterocycles. The van der Waals surface area contributed by atoms with Gasteiger partial charge in [-0.25, -0.2) is 4.98 Å². The van der Waals surface area contributed by atoms with E-state index in [1.165, 1.54) is 18.5 Å². The summed E-state index contributed by atoms with van der Waals surface area (Å²) in [6, 6.07) is 0.477. The number of nitrogens with one attached hydrogen (secondary N) is 1. The average Bonchev–Trinajstić information content (AvgIpc) is 2.94. The number of aromatic nitrogens is 2. The molecule has 0 saturated heterocycles. The standard InChI is InChI=1S/C12H21N3O/c1-2-15-9-13-6-11(15)7-14-12-5-3-4-10(12)8-16/h6,9-10,12,14,16H,2-5,7-8H2,1H3. The Bertz CT molecular complexity index is 324. The minimum absolute atomic E-state index is 0.310. The molecule has 0 spiro atoms. The van der Waals surface area contributed by atoms with Gasteiger partial charge in [-0.05, 0) is 25.7 Å². The van der Waals surface area contributed by atoms with Gasteiger partial charge in [-0.2, -0.15) is 0 Å². The number of aliphatic hydroxyl groups is 1. The van der Waals surface area contributed by atoms with E-state index < -0.39 is 0 Å². The lowest BCUT2D eigenvalue weighted by Gasteiger charge is -2.19. The Labute approximate surface area is 96.7 Å². The van der Waals surface area contributed by atoms with Crippen molar-refractivity contribution in [2.75, 3.05) is 6.61 Å². The summed E-state index contributed by atoms with van der Waals surface area (Å²) >= 11 is 0. The highest BCUT2D eigenvalue weighted by Gasteiger charge is 2.25. The minimum atomic E-state index is 0.310. The molecule has 0 amide bonds. The number of nitrogens with zero attached hydrogens (tertiary/aromatic N) is 2. The van der Waals surface area contributed by atoms with E-state index in [1.807, 2.05) is 12.5 Å². The summed E-state index contributed by atoms with van der Waals surface area (Å²) in [4.78, 5) is 4.15. The highest BCUT2D eigenvalue weighted by atomic mass is 16.3. The Morgan fingerprint density at radius 3 is 3.19 bits per heavy atom. The summed E-state index contributed by atoms with van der Waals surface area (Å²) in [6.07, 6.45) is 7.36. The fourth-order valence-corrected chi connectivity index (χ4v) is 2.54. The molecule has 2 N–H and O–H groups in total. The van der Waals surface area contributed by atoms with Crippen LogP contribution in [-0.2, 0) is 13.1 Å². The van der Waals surface area contributed by atoms with E-state index in [0.29, 0.717) is 18.6 Å². The molecule has 1 fully saturated rings. The zero-order valence-corrected chi connectivity index (χ0v) is 9.89. The molecular formula is C12H21N3O. The van der Waals surface area contributed by atoms with Crippen LogP contribution >= 0.6 is 0 Å². The maximum absolute atomic E-state index is 9.24. The Balaban J connectivity index is 1.87. The van der Waals surface area contributed by atoms with Crippen LogP contribution in [0.2, 0.25) is 0 Å². The smallest absolute Gasteiger partial charge is 0.0948 e. The first-order valence-corrected chi connectivity index (χ1v) is 6.18. The van der Waals surface area contributed by atoms with Crippen LogP contribution in [0.3, 0.4) is 0 Å². The highest BCUT2D eigenvalue weighted by Crippen LogP contribution is 2.25. The molecule has 1 aliphatic rings. The summed E-state index contributed by atoms with van der Waals surface area (Å²) in [5, 5.41) is 12.8.